The average Bonchev–Trinajstić information content (AvgIpc) is 3.48. The third kappa shape index (κ3) is 7.77. The predicted octanol–water partition coefficient (Wildman–Crippen LogP) is 16.0. The second-order valence-corrected chi connectivity index (χ2v) is 16.6. The Kier molecular flexibility index (Phi) is 11.4. The van der Waals surface area contributed by atoms with Crippen molar-refractivity contribution in [3.63, 3.8) is 0 Å². The molecule has 3 heterocycles. The molecule has 0 unspecified atom stereocenters. The van der Waals surface area contributed by atoms with Crippen molar-refractivity contribution in [1.29, 1.82) is 0 Å². The summed E-state index contributed by atoms with van der Waals surface area (Å²) < 4.78 is 2.35. The summed E-state index contributed by atoms with van der Waals surface area (Å²) in [5.41, 5.74) is 15.1. The summed E-state index contributed by atoms with van der Waals surface area (Å²) in [5, 5.41) is 4.84. The monoisotopic (exact) mass is 828 g/mol. The van der Waals surface area contributed by atoms with Gasteiger partial charge < -0.3 is 4.90 Å². The summed E-state index contributed by atoms with van der Waals surface area (Å²) in [6, 6.07) is 54.2. The molecular formula is C60H52N4. The SMILES string of the molecule is C=CC1=C(CCC)CC/C(=C\C(=C/CC)c2ccc3c(c2)c2c4ccccc4ccc2n3-c2cc(-c3ccccc3)nc(C3=CCC=C(c4ccccc4)C=C3)n2)N1c1ccccc1. The molecule has 64 heavy (non-hydrogen) atoms. The highest BCUT2D eigenvalue weighted by Crippen LogP contribution is 2.41. The van der Waals surface area contributed by atoms with E-state index in [2.05, 4.69) is 224 Å². The van der Waals surface area contributed by atoms with Gasteiger partial charge in [0, 0.05) is 45.1 Å². The molecule has 2 aromatic heterocycles. The lowest BCUT2D eigenvalue weighted by atomic mass is 9.92. The Morgan fingerprint density at radius 1 is 0.672 bits per heavy atom. The van der Waals surface area contributed by atoms with Gasteiger partial charge in [0.2, 0.25) is 0 Å². The minimum atomic E-state index is 0.702. The number of fused-ring (bicyclic) bond motifs is 5. The maximum atomic E-state index is 5.45. The van der Waals surface area contributed by atoms with Crippen molar-refractivity contribution >= 4 is 55.0 Å². The van der Waals surface area contributed by atoms with E-state index in [1.54, 1.807) is 0 Å². The number of allylic oxidation sites excluding steroid dienone is 12. The van der Waals surface area contributed by atoms with Crippen LogP contribution in [0.2, 0.25) is 0 Å². The van der Waals surface area contributed by atoms with Crippen molar-refractivity contribution in [3.8, 4) is 17.1 Å². The molecule has 10 rings (SSSR count). The first-order valence-corrected chi connectivity index (χ1v) is 22.8. The van der Waals surface area contributed by atoms with E-state index >= 15 is 0 Å². The zero-order valence-corrected chi connectivity index (χ0v) is 36.7. The van der Waals surface area contributed by atoms with Gasteiger partial charge in [-0.05, 0) is 113 Å². The summed E-state index contributed by atoms with van der Waals surface area (Å²) in [6.45, 7) is 8.82. The van der Waals surface area contributed by atoms with Gasteiger partial charge in [-0.25, -0.2) is 9.97 Å². The number of benzene rings is 6. The summed E-state index contributed by atoms with van der Waals surface area (Å²) in [5.74, 6) is 1.54. The first-order chi connectivity index (χ1) is 31.6. The molecule has 1 aliphatic heterocycles. The number of aromatic nitrogens is 3. The van der Waals surface area contributed by atoms with Crippen molar-refractivity contribution in [2.75, 3.05) is 4.90 Å². The van der Waals surface area contributed by atoms with Gasteiger partial charge >= 0.3 is 0 Å². The summed E-state index contributed by atoms with van der Waals surface area (Å²) in [4.78, 5) is 13.2. The molecular weight excluding hydrogens is 777 g/mol. The number of nitrogens with zero attached hydrogens (tertiary/aromatic N) is 4. The smallest absolute Gasteiger partial charge is 0.161 e. The summed E-state index contributed by atoms with van der Waals surface area (Å²) in [6.07, 6.45) is 21.6. The number of hydrogen-bond acceptors (Lipinski definition) is 3. The molecule has 0 atom stereocenters. The van der Waals surface area contributed by atoms with E-state index in [-0.39, 0.29) is 0 Å². The van der Waals surface area contributed by atoms with E-state index < -0.39 is 0 Å². The number of rotatable bonds is 11. The zero-order chi connectivity index (χ0) is 43.4. The Labute approximate surface area is 377 Å². The van der Waals surface area contributed by atoms with Crippen LogP contribution in [0, 0.1) is 0 Å². The third-order valence-electron chi connectivity index (χ3n) is 12.6. The van der Waals surface area contributed by atoms with Gasteiger partial charge in [0.05, 0.1) is 16.7 Å². The second-order valence-electron chi connectivity index (χ2n) is 16.6. The molecule has 6 aromatic carbocycles. The molecule has 0 saturated carbocycles. The molecule has 8 aromatic rings. The van der Waals surface area contributed by atoms with Gasteiger partial charge in [-0.3, -0.25) is 4.57 Å². The molecule has 0 fully saturated rings. The summed E-state index contributed by atoms with van der Waals surface area (Å²) >= 11 is 0. The van der Waals surface area contributed by atoms with Gasteiger partial charge in [-0.2, -0.15) is 0 Å². The Morgan fingerprint density at radius 2 is 1.38 bits per heavy atom. The van der Waals surface area contributed by atoms with E-state index in [1.165, 1.54) is 66.5 Å². The van der Waals surface area contributed by atoms with Crippen LogP contribution in [0.1, 0.15) is 69.3 Å². The van der Waals surface area contributed by atoms with Crippen molar-refractivity contribution in [1.82, 2.24) is 14.5 Å². The molecule has 0 bridgehead atoms. The van der Waals surface area contributed by atoms with Gasteiger partial charge in [0.1, 0.15) is 5.82 Å². The quantitative estimate of drug-likeness (QED) is 0.130. The van der Waals surface area contributed by atoms with E-state index in [1.807, 2.05) is 0 Å². The summed E-state index contributed by atoms with van der Waals surface area (Å²) in [7, 11) is 0. The van der Waals surface area contributed by atoms with Crippen LogP contribution in [0.25, 0.3) is 66.4 Å². The fourth-order valence-electron chi connectivity index (χ4n) is 9.59. The van der Waals surface area contributed by atoms with Crippen LogP contribution in [-0.2, 0) is 0 Å². The highest BCUT2D eigenvalue weighted by atomic mass is 15.2. The third-order valence-corrected chi connectivity index (χ3v) is 12.6. The second kappa shape index (κ2) is 18.0. The molecule has 0 spiro atoms. The molecule has 4 heteroatoms. The molecule has 0 radical (unpaired) electrons. The highest BCUT2D eigenvalue weighted by Gasteiger charge is 2.25. The lowest BCUT2D eigenvalue weighted by molar-refractivity contribution is 0.749. The zero-order valence-electron chi connectivity index (χ0n) is 36.7. The van der Waals surface area contributed by atoms with Crippen molar-refractivity contribution in [2.45, 2.75) is 52.4 Å². The molecule has 0 N–H and O–H groups in total. The highest BCUT2D eigenvalue weighted by molar-refractivity contribution is 6.21. The first-order valence-electron chi connectivity index (χ1n) is 22.8. The minimum absolute atomic E-state index is 0.702. The van der Waals surface area contributed by atoms with Crippen LogP contribution in [0.5, 0.6) is 0 Å². The predicted molar refractivity (Wildman–Crippen MR) is 272 cm³/mol. The van der Waals surface area contributed by atoms with Crippen molar-refractivity contribution in [2.24, 2.45) is 0 Å². The fourth-order valence-corrected chi connectivity index (χ4v) is 9.59. The van der Waals surface area contributed by atoms with Crippen molar-refractivity contribution in [3.05, 3.63) is 235 Å². The first kappa shape index (κ1) is 40.5. The Morgan fingerprint density at radius 3 is 2.14 bits per heavy atom. The molecule has 1 aliphatic carbocycles. The Balaban J connectivity index is 1.15. The van der Waals surface area contributed by atoms with E-state index in [9.17, 15) is 0 Å². The lowest BCUT2D eigenvalue weighted by Crippen LogP contribution is -2.26. The molecule has 4 nitrogen and oxygen atoms in total. The molecule has 2 aliphatic rings. The topological polar surface area (TPSA) is 34.0 Å². The maximum Gasteiger partial charge on any atom is 0.161 e. The van der Waals surface area contributed by atoms with Crippen molar-refractivity contribution < 1.29 is 0 Å². The van der Waals surface area contributed by atoms with E-state index in [0.29, 0.717) is 5.82 Å². The Bertz CT molecular complexity index is 3230. The van der Waals surface area contributed by atoms with Gasteiger partial charge in [-0.15, -0.1) is 0 Å². The largest absolute Gasteiger partial charge is 0.314 e. The lowest BCUT2D eigenvalue weighted by Gasteiger charge is -2.35. The van der Waals surface area contributed by atoms with Gasteiger partial charge in [0.15, 0.2) is 5.82 Å². The number of anilines is 1. The molecule has 0 amide bonds. The molecule has 312 valence electrons. The van der Waals surface area contributed by atoms with Crippen LogP contribution >= 0.6 is 0 Å². The van der Waals surface area contributed by atoms with Crippen LogP contribution in [0.15, 0.2) is 218 Å². The Hall–Kier alpha value is -7.56. The van der Waals surface area contributed by atoms with Gasteiger partial charge in [0.25, 0.3) is 0 Å². The standard InChI is InChI=1S/C60H52N4/c1-4-19-46-33-36-51(63(55(46)6-3)50-28-14-9-15-29-50)39-48(20-5-2)49-35-37-56-53(40-49)59-52-30-17-16-23-44(52)34-38-57(59)64(56)58-41-54(45-24-12-8-13-25-45)61-60(62-58)47-27-18-26-43(31-32-47)42-21-10-7-11-22-42/h6-17,20-32,34-35,37-41H,3-5,18-19,33,36H2,1-2H3/b48-20+,51-39+. The van der Waals surface area contributed by atoms with Crippen LogP contribution in [-0.4, -0.2) is 14.5 Å². The normalized spacial score (nSPS) is 15.2. The van der Waals surface area contributed by atoms with Gasteiger partial charge in [-0.1, -0.05) is 172 Å². The average molecular weight is 829 g/mol. The maximum absolute atomic E-state index is 5.45. The van der Waals surface area contributed by atoms with E-state index in [0.717, 1.165) is 72.2 Å². The van der Waals surface area contributed by atoms with Crippen LogP contribution in [0.3, 0.4) is 0 Å². The fraction of sp³-hybridized carbons (Fsp3) is 0.133. The van der Waals surface area contributed by atoms with Crippen LogP contribution in [0.4, 0.5) is 5.69 Å². The number of hydrogen-bond donors (Lipinski definition) is 0. The van der Waals surface area contributed by atoms with Crippen LogP contribution < -0.4 is 4.90 Å². The molecule has 0 saturated heterocycles. The minimum Gasteiger partial charge on any atom is -0.314 e. The van der Waals surface area contributed by atoms with E-state index in [4.69, 9.17) is 9.97 Å². The number of para-hydroxylation sites is 1.